The van der Waals surface area contributed by atoms with E-state index in [1.54, 1.807) is 0 Å². The molecule has 2 saturated heterocycles. The first-order valence-electron chi connectivity index (χ1n) is 8.48. The van der Waals surface area contributed by atoms with E-state index in [9.17, 15) is 4.79 Å². The summed E-state index contributed by atoms with van der Waals surface area (Å²) in [4.78, 5) is 17.2. The molecule has 118 valence electrons. The van der Waals surface area contributed by atoms with E-state index in [0.717, 1.165) is 58.7 Å². The minimum Gasteiger partial charge on any atom is -0.379 e. The summed E-state index contributed by atoms with van der Waals surface area (Å²) in [5.74, 6) is 0.569. The van der Waals surface area contributed by atoms with Gasteiger partial charge in [-0.1, -0.05) is 24.3 Å². The molecule has 0 unspecified atom stereocenters. The molecule has 4 heteroatoms. The second-order valence-corrected chi connectivity index (χ2v) is 6.75. The lowest BCUT2D eigenvalue weighted by Gasteiger charge is -2.47. The van der Waals surface area contributed by atoms with Crippen LogP contribution >= 0.6 is 0 Å². The molecule has 3 aliphatic rings. The Morgan fingerprint density at radius 2 is 1.82 bits per heavy atom. The first kappa shape index (κ1) is 14.2. The van der Waals surface area contributed by atoms with Gasteiger partial charge in [0.15, 0.2) is 0 Å². The lowest BCUT2D eigenvalue weighted by atomic mass is 9.82. The Balaban J connectivity index is 1.32. The number of likely N-dealkylation sites (tertiary alicyclic amines) is 1. The van der Waals surface area contributed by atoms with E-state index in [1.807, 2.05) is 0 Å². The highest BCUT2D eigenvalue weighted by atomic mass is 16.5. The van der Waals surface area contributed by atoms with Crippen molar-refractivity contribution < 1.29 is 9.53 Å². The summed E-state index contributed by atoms with van der Waals surface area (Å²) >= 11 is 0. The standard InChI is InChI=1S/C18H24N2O2/c21-18(16-6-5-14-3-1-2-4-15(14)11-16)20-12-17(13-20)19-7-9-22-10-8-19/h1-4,16-17H,5-13H2/t16-/m0/s1. The number of carbonyl (C=O) groups is 1. The molecule has 1 aromatic carbocycles. The Morgan fingerprint density at radius 3 is 2.59 bits per heavy atom. The summed E-state index contributed by atoms with van der Waals surface area (Å²) in [6, 6.07) is 9.13. The zero-order valence-electron chi connectivity index (χ0n) is 13.0. The molecule has 4 rings (SSSR count). The minimum atomic E-state index is 0.195. The quantitative estimate of drug-likeness (QED) is 0.826. The molecule has 2 fully saturated rings. The average molecular weight is 300 g/mol. The van der Waals surface area contributed by atoms with Crippen molar-refractivity contribution in [2.75, 3.05) is 39.4 Å². The Bertz CT molecular complexity index is 548. The fourth-order valence-electron chi connectivity index (χ4n) is 3.98. The van der Waals surface area contributed by atoms with Gasteiger partial charge < -0.3 is 9.64 Å². The fourth-order valence-corrected chi connectivity index (χ4v) is 3.98. The topological polar surface area (TPSA) is 32.8 Å². The van der Waals surface area contributed by atoms with Gasteiger partial charge in [-0.05, 0) is 30.4 Å². The number of morpholine rings is 1. The van der Waals surface area contributed by atoms with E-state index < -0.39 is 0 Å². The van der Waals surface area contributed by atoms with Gasteiger partial charge >= 0.3 is 0 Å². The number of nitrogens with zero attached hydrogens (tertiary/aromatic N) is 2. The molecule has 2 heterocycles. The second-order valence-electron chi connectivity index (χ2n) is 6.75. The van der Waals surface area contributed by atoms with E-state index >= 15 is 0 Å². The van der Waals surface area contributed by atoms with Crippen LogP contribution in [-0.4, -0.2) is 61.1 Å². The number of aryl methyl sites for hydroxylation is 1. The molecule has 0 bridgehead atoms. The molecule has 2 aliphatic heterocycles. The smallest absolute Gasteiger partial charge is 0.226 e. The molecule has 22 heavy (non-hydrogen) atoms. The van der Waals surface area contributed by atoms with Gasteiger partial charge in [0, 0.05) is 38.1 Å². The van der Waals surface area contributed by atoms with Crippen LogP contribution in [0.3, 0.4) is 0 Å². The fraction of sp³-hybridized carbons (Fsp3) is 0.611. The predicted octanol–water partition coefficient (Wildman–Crippen LogP) is 1.33. The van der Waals surface area contributed by atoms with Crippen molar-refractivity contribution in [1.82, 2.24) is 9.80 Å². The van der Waals surface area contributed by atoms with Crippen LogP contribution in [0.4, 0.5) is 0 Å². The molecule has 0 spiro atoms. The normalized spacial score (nSPS) is 26.4. The van der Waals surface area contributed by atoms with E-state index in [4.69, 9.17) is 4.74 Å². The molecule has 4 nitrogen and oxygen atoms in total. The highest BCUT2D eigenvalue weighted by molar-refractivity contribution is 5.80. The molecule has 1 aromatic rings. The van der Waals surface area contributed by atoms with Gasteiger partial charge in [0.2, 0.25) is 5.91 Å². The van der Waals surface area contributed by atoms with Crippen LogP contribution in [0.2, 0.25) is 0 Å². The Labute approximate surface area is 132 Å². The third-order valence-corrected chi connectivity index (χ3v) is 5.43. The molecule has 1 amide bonds. The molecule has 0 saturated carbocycles. The van der Waals surface area contributed by atoms with Crippen molar-refractivity contribution in [2.24, 2.45) is 5.92 Å². The van der Waals surface area contributed by atoms with E-state index in [0.29, 0.717) is 11.9 Å². The number of carbonyl (C=O) groups excluding carboxylic acids is 1. The largest absolute Gasteiger partial charge is 0.379 e. The number of hydrogen-bond donors (Lipinski definition) is 0. The summed E-state index contributed by atoms with van der Waals surface area (Å²) in [5, 5.41) is 0. The number of rotatable bonds is 2. The van der Waals surface area contributed by atoms with Crippen LogP contribution in [-0.2, 0) is 22.4 Å². The third-order valence-electron chi connectivity index (χ3n) is 5.43. The van der Waals surface area contributed by atoms with Crippen molar-refractivity contribution in [3.05, 3.63) is 35.4 Å². The SMILES string of the molecule is O=C([C@H]1CCc2ccccc2C1)N1CC(N2CCOCC2)C1. The van der Waals surface area contributed by atoms with Crippen LogP contribution in [0, 0.1) is 5.92 Å². The summed E-state index contributed by atoms with van der Waals surface area (Å²) in [7, 11) is 0. The molecule has 0 N–H and O–H groups in total. The Hall–Kier alpha value is -1.39. The molecule has 0 radical (unpaired) electrons. The molecule has 0 aromatic heterocycles. The van der Waals surface area contributed by atoms with Crippen LogP contribution < -0.4 is 0 Å². The first-order valence-corrected chi connectivity index (χ1v) is 8.48. The average Bonchev–Trinajstić information content (AvgIpc) is 2.54. The highest BCUT2D eigenvalue weighted by Crippen LogP contribution is 2.28. The summed E-state index contributed by atoms with van der Waals surface area (Å²) in [6.07, 6.45) is 2.98. The van der Waals surface area contributed by atoms with Crippen LogP contribution in [0.5, 0.6) is 0 Å². The number of ether oxygens (including phenoxy) is 1. The third kappa shape index (κ3) is 2.66. The molecular weight excluding hydrogens is 276 g/mol. The van der Waals surface area contributed by atoms with Gasteiger partial charge in [-0.25, -0.2) is 0 Å². The summed E-state index contributed by atoms with van der Waals surface area (Å²) < 4.78 is 5.40. The maximum absolute atomic E-state index is 12.7. The van der Waals surface area contributed by atoms with Crippen LogP contribution in [0.25, 0.3) is 0 Å². The maximum Gasteiger partial charge on any atom is 0.226 e. The first-order chi connectivity index (χ1) is 10.8. The Kier molecular flexibility index (Phi) is 3.89. The molecular formula is C18H24N2O2. The predicted molar refractivity (Wildman–Crippen MR) is 84.7 cm³/mol. The van der Waals surface area contributed by atoms with Gasteiger partial charge in [-0.15, -0.1) is 0 Å². The summed E-state index contributed by atoms with van der Waals surface area (Å²) in [5.41, 5.74) is 2.80. The van der Waals surface area contributed by atoms with E-state index in [-0.39, 0.29) is 5.92 Å². The van der Waals surface area contributed by atoms with Gasteiger partial charge in [0.25, 0.3) is 0 Å². The lowest BCUT2D eigenvalue weighted by molar-refractivity contribution is -0.144. The number of hydrogen-bond acceptors (Lipinski definition) is 3. The van der Waals surface area contributed by atoms with Crippen molar-refractivity contribution in [1.29, 1.82) is 0 Å². The maximum atomic E-state index is 12.7. The van der Waals surface area contributed by atoms with Crippen molar-refractivity contribution in [2.45, 2.75) is 25.3 Å². The Morgan fingerprint density at radius 1 is 1.09 bits per heavy atom. The van der Waals surface area contributed by atoms with Gasteiger partial charge in [-0.2, -0.15) is 0 Å². The molecule has 1 aliphatic carbocycles. The zero-order valence-corrected chi connectivity index (χ0v) is 13.0. The highest BCUT2D eigenvalue weighted by Gasteiger charge is 2.38. The second kappa shape index (κ2) is 6.01. The number of amides is 1. The van der Waals surface area contributed by atoms with E-state index in [1.165, 1.54) is 11.1 Å². The van der Waals surface area contributed by atoms with Gasteiger partial charge in [-0.3, -0.25) is 9.69 Å². The van der Waals surface area contributed by atoms with Crippen molar-refractivity contribution in [3.8, 4) is 0 Å². The number of benzene rings is 1. The lowest BCUT2D eigenvalue weighted by Crippen LogP contribution is -2.63. The number of fused-ring (bicyclic) bond motifs is 1. The van der Waals surface area contributed by atoms with Gasteiger partial charge in [0.1, 0.15) is 0 Å². The van der Waals surface area contributed by atoms with Crippen LogP contribution in [0.1, 0.15) is 17.5 Å². The van der Waals surface area contributed by atoms with Gasteiger partial charge in [0.05, 0.1) is 13.2 Å². The van der Waals surface area contributed by atoms with Crippen molar-refractivity contribution in [3.63, 3.8) is 0 Å². The summed E-state index contributed by atoms with van der Waals surface area (Å²) in [6.45, 7) is 5.54. The molecule has 1 atom stereocenters. The minimum absolute atomic E-state index is 0.195. The monoisotopic (exact) mass is 300 g/mol. The zero-order chi connectivity index (χ0) is 14.9. The van der Waals surface area contributed by atoms with Crippen molar-refractivity contribution >= 4 is 5.91 Å². The van der Waals surface area contributed by atoms with E-state index in [2.05, 4.69) is 34.1 Å². The van der Waals surface area contributed by atoms with Crippen LogP contribution in [0.15, 0.2) is 24.3 Å².